The minimum atomic E-state index is 0.0361. The molecule has 0 spiro atoms. The van der Waals surface area contributed by atoms with E-state index >= 15 is 0 Å². The van der Waals surface area contributed by atoms with Crippen molar-refractivity contribution < 1.29 is 4.79 Å². The molecule has 74 valence electrons. The molecular weight excluding hydrogens is 164 g/mol. The lowest BCUT2D eigenvalue weighted by Gasteiger charge is -2.25. The molecule has 1 saturated carbocycles. The van der Waals surface area contributed by atoms with Crippen LogP contribution in [0.1, 0.15) is 26.2 Å². The number of carbonyl (C=O) groups is 1. The van der Waals surface area contributed by atoms with Crippen LogP contribution in [0.2, 0.25) is 0 Å². The first kappa shape index (κ1) is 9.00. The van der Waals surface area contributed by atoms with E-state index in [9.17, 15) is 4.79 Å². The van der Waals surface area contributed by atoms with E-state index in [1.165, 1.54) is 0 Å². The number of hydrogen-bond donors (Lipinski definition) is 1. The third-order valence-electron chi connectivity index (χ3n) is 3.04. The monoisotopic (exact) mass is 182 g/mol. The van der Waals surface area contributed by atoms with Gasteiger partial charge in [0.05, 0.1) is 5.54 Å². The van der Waals surface area contributed by atoms with Crippen molar-refractivity contribution in [2.24, 2.45) is 5.92 Å². The lowest BCUT2D eigenvalue weighted by Crippen LogP contribution is -2.48. The van der Waals surface area contributed by atoms with Crippen molar-refractivity contribution in [1.82, 2.24) is 10.2 Å². The largest absolute Gasteiger partial charge is 0.349 e. The molecule has 1 aliphatic carbocycles. The van der Waals surface area contributed by atoms with Crippen LogP contribution in [0, 0.1) is 5.92 Å². The fourth-order valence-corrected chi connectivity index (χ4v) is 2.04. The number of hydrogen-bond acceptors (Lipinski definition) is 2. The van der Waals surface area contributed by atoms with Crippen molar-refractivity contribution in [1.29, 1.82) is 0 Å². The van der Waals surface area contributed by atoms with Gasteiger partial charge in [-0.2, -0.15) is 0 Å². The zero-order valence-electron chi connectivity index (χ0n) is 8.47. The van der Waals surface area contributed by atoms with Gasteiger partial charge in [0.1, 0.15) is 0 Å². The van der Waals surface area contributed by atoms with E-state index in [1.807, 2.05) is 0 Å². The Hall–Kier alpha value is -0.570. The SMILES string of the molecule is CN1CCC(C)(NC(=O)C2CC2)C1. The van der Waals surface area contributed by atoms with Crippen LogP contribution in [-0.4, -0.2) is 36.5 Å². The summed E-state index contributed by atoms with van der Waals surface area (Å²) in [4.78, 5) is 13.8. The Labute approximate surface area is 79.5 Å². The van der Waals surface area contributed by atoms with Gasteiger partial charge in [0, 0.05) is 19.0 Å². The number of nitrogens with zero attached hydrogens (tertiary/aromatic N) is 1. The third kappa shape index (κ3) is 2.02. The van der Waals surface area contributed by atoms with E-state index in [2.05, 4.69) is 24.2 Å². The number of amides is 1. The fourth-order valence-electron chi connectivity index (χ4n) is 2.04. The average Bonchev–Trinajstić information content (AvgIpc) is 2.79. The van der Waals surface area contributed by atoms with E-state index in [4.69, 9.17) is 0 Å². The molecule has 1 aliphatic heterocycles. The number of likely N-dealkylation sites (N-methyl/N-ethyl adjacent to an activating group) is 1. The van der Waals surface area contributed by atoms with Gasteiger partial charge < -0.3 is 10.2 Å². The van der Waals surface area contributed by atoms with E-state index < -0.39 is 0 Å². The summed E-state index contributed by atoms with van der Waals surface area (Å²) < 4.78 is 0. The molecule has 1 unspecified atom stereocenters. The summed E-state index contributed by atoms with van der Waals surface area (Å²) in [5.74, 6) is 0.612. The molecule has 0 radical (unpaired) electrons. The summed E-state index contributed by atoms with van der Waals surface area (Å²) in [6.45, 7) is 4.24. The fraction of sp³-hybridized carbons (Fsp3) is 0.900. The second kappa shape index (κ2) is 2.98. The van der Waals surface area contributed by atoms with Gasteiger partial charge in [-0.25, -0.2) is 0 Å². The molecule has 0 bridgehead atoms. The molecule has 1 heterocycles. The summed E-state index contributed by atoms with van der Waals surface area (Å²) >= 11 is 0. The maximum absolute atomic E-state index is 11.5. The van der Waals surface area contributed by atoms with Crippen molar-refractivity contribution >= 4 is 5.91 Å². The lowest BCUT2D eigenvalue weighted by atomic mass is 10.0. The molecule has 0 aromatic heterocycles. The molecule has 1 amide bonds. The number of carbonyl (C=O) groups excluding carboxylic acids is 1. The summed E-state index contributed by atoms with van der Waals surface area (Å²) in [5, 5.41) is 3.17. The van der Waals surface area contributed by atoms with Crippen molar-refractivity contribution in [2.45, 2.75) is 31.7 Å². The molecule has 1 N–H and O–H groups in total. The van der Waals surface area contributed by atoms with Gasteiger partial charge in [0.2, 0.25) is 5.91 Å². The number of nitrogens with one attached hydrogen (secondary N) is 1. The summed E-state index contributed by atoms with van der Waals surface area (Å²) in [5.41, 5.74) is 0.0361. The highest BCUT2D eigenvalue weighted by Crippen LogP contribution is 2.30. The molecule has 3 nitrogen and oxygen atoms in total. The van der Waals surface area contributed by atoms with Gasteiger partial charge in [0.25, 0.3) is 0 Å². The predicted octanol–water partition coefficient (Wildman–Crippen LogP) is 0.607. The molecule has 2 aliphatic rings. The maximum atomic E-state index is 11.5. The Morgan fingerprint density at radius 2 is 2.23 bits per heavy atom. The molecular formula is C10H18N2O. The van der Waals surface area contributed by atoms with Gasteiger partial charge in [-0.3, -0.25) is 4.79 Å². The quantitative estimate of drug-likeness (QED) is 0.678. The lowest BCUT2D eigenvalue weighted by molar-refractivity contribution is -0.123. The van der Waals surface area contributed by atoms with Crippen LogP contribution < -0.4 is 5.32 Å². The second-order valence-corrected chi connectivity index (χ2v) is 4.81. The van der Waals surface area contributed by atoms with Crippen LogP contribution in [0.25, 0.3) is 0 Å². The van der Waals surface area contributed by atoms with Crippen molar-refractivity contribution in [3.63, 3.8) is 0 Å². The van der Waals surface area contributed by atoms with Crippen LogP contribution in [0.3, 0.4) is 0 Å². The van der Waals surface area contributed by atoms with E-state index in [0.717, 1.165) is 32.4 Å². The Morgan fingerprint density at radius 3 is 2.69 bits per heavy atom. The Bertz CT molecular complexity index is 225. The highest BCUT2D eigenvalue weighted by atomic mass is 16.2. The first-order chi connectivity index (χ1) is 6.09. The average molecular weight is 182 g/mol. The van der Waals surface area contributed by atoms with E-state index in [0.29, 0.717) is 5.92 Å². The zero-order valence-corrected chi connectivity index (χ0v) is 8.47. The molecule has 2 rings (SSSR count). The Balaban J connectivity index is 1.88. The third-order valence-corrected chi connectivity index (χ3v) is 3.04. The second-order valence-electron chi connectivity index (χ2n) is 4.81. The van der Waals surface area contributed by atoms with Crippen LogP contribution in [0.4, 0.5) is 0 Å². The van der Waals surface area contributed by atoms with Gasteiger partial charge in [-0.05, 0) is 33.2 Å². The minimum absolute atomic E-state index is 0.0361. The smallest absolute Gasteiger partial charge is 0.223 e. The number of likely N-dealkylation sites (tertiary alicyclic amines) is 1. The summed E-state index contributed by atoms with van der Waals surface area (Å²) in [7, 11) is 2.11. The molecule has 2 fully saturated rings. The van der Waals surface area contributed by atoms with Gasteiger partial charge in [-0.15, -0.1) is 0 Å². The van der Waals surface area contributed by atoms with Gasteiger partial charge >= 0.3 is 0 Å². The molecule has 1 atom stereocenters. The van der Waals surface area contributed by atoms with Gasteiger partial charge in [-0.1, -0.05) is 0 Å². The predicted molar refractivity (Wildman–Crippen MR) is 51.4 cm³/mol. The summed E-state index contributed by atoms with van der Waals surface area (Å²) in [6, 6.07) is 0. The van der Waals surface area contributed by atoms with E-state index in [-0.39, 0.29) is 11.4 Å². The molecule has 3 heteroatoms. The van der Waals surface area contributed by atoms with Gasteiger partial charge in [0.15, 0.2) is 0 Å². The first-order valence-corrected chi connectivity index (χ1v) is 5.10. The summed E-state index contributed by atoms with van der Waals surface area (Å²) in [6.07, 6.45) is 3.28. The molecule has 13 heavy (non-hydrogen) atoms. The Kier molecular flexibility index (Phi) is 2.06. The molecule has 0 aromatic carbocycles. The standard InChI is InChI=1S/C10H18N2O/c1-10(5-6-12(2)7-10)11-9(13)8-3-4-8/h8H,3-7H2,1-2H3,(H,11,13). The van der Waals surface area contributed by atoms with E-state index in [1.54, 1.807) is 0 Å². The van der Waals surface area contributed by atoms with Crippen molar-refractivity contribution in [3.05, 3.63) is 0 Å². The van der Waals surface area contributed by atoms with Crippen molar-refractivity contribution in [3.8, 4) is 0 Å². The van der Waals surface area contributed by atoms with Crippen LogP contribution >= 0.6 is 0 Å². The molecule has 1 saturated heterocycles. The van der Waals surface area contributed by atoms with Crippen LogP contribution in [0.15, 0.2) is 0 Å². The van der Waals surface area contributed by atoms with Crippen molar-refractivity contribution in [2.75, 3.05) is 20.1 Å². The number of rotatable bonds is 2. The van der Waals surface area contributed by atoms with Crippen LogP contribution in [0.5, 0.6) is 0 Å². The first-order valence-electron chi connectivity index (χ1n) is 5.10. The highest BCUT2D eigenvalue weighted by molar-refractivity contribution is 5.81. The minimum Gasteiger partial charge on any atom is -0.349 e. The molecule has 0 aromatic rings. The van der Waals surface area contributed by atoms with Crippen LogP contribution in [-0.2, 0) is 4.79 Å². The zero-order chi connectivity index (χ0) is 9.47. The topological polar surface area (TPSA) is 32.3 Å². The maximum Gasteiger partial charge on any atom is 0.223 e. The normalized spacial score (nSPS) is 34.9. The Morgan fingerprint density at radius 1 is 1.54 bits per heavy atom. The highest BCUT2D eigenvalue weighted by Gasteiger charge is 2.37.